The molecule has 0 rings (SSSR count). The Balaban J connectivity index is 0. The van der Waals surface area contributed by atoms with Crippen LogP contribution < -0.4 is 5.73 Å². The van der Waals surface area contributed by atoms with Crippen LogP contribution in [0, 0.1) is 0 Å². The minimum Gasteiger partial charge on any atom is -0.494 e. The first kappa shape index (κ1) is 20.2. The molecule has 114 valence electrons. The molecule has 19 heavy (non-hydrogen) atoms. The summed E-state index contributed by atoms with van der Waals surface area (Å²) in [5.41, 5.74) is 6.54. The van der Waals surface area contributed by atoms with Crippen LogP contribution in [-0.2, 0) is 4.74 Å². The number of nitrogens with two attached hydrogens (primary N) is 1. The highest BCUT2D eigenvalue weighted by molar-refractivity contribution is 5.18. The van der Waals surface area contributed by atoms with Crippen LogP contribution >= 0.6 is 0 Å². The summed E-state index contributed by atoms with van der Waals surface area (Å²) in [5, 5.41) is 0. The van der Waals surface area contributed by atoms with Crippen LogP contribution in [0.25, 0.3) is 0 Å². The van der Waals surface area contributed by atoms with Gasteiger partial charge in [0.15, 0.2) is 0 Å². The first-order valence-electron chi connectivity index (χ1n) is 6.07. The van der Waals surface area contributed by atoms with Crippen molar-refractivity contribution in [1.82, 2.24) is 4.90 Å². The second-order valence-electron chi connectivity index (χ2n) is 4.17. The third-order valence-electron chi connectivity index (χ3n) is 1.80. The number of nitrogens with zero attached hydrogens (tertiary/aromatic N) is 1. The summed E-state index contributed by atoms with van der Waals surface area (Å²) in [6, 6.07) is 0. The van der Waals surface area contributed by atoms with Gasteiger partial charge in [0.05, 0.1) is 5.70 Å². The van der Waals surface area contributed by atoms with E-state index in [0.717, 1.165) is 24.4 Å². The number of ether oxygens (including phenoxy) is 1. The number of hydrogen-bond acceptors (Lipinski definition) is 3. The molecule has 3 nitrogen and oxygen atoms in total. The number of alkyl halides is 3. The van der Waals surface area contributed by atoms with Crippen molar-refractivity contribution >= 4 is 0 Å². The Hall–Kier alpha value is -1.17. The van der Waals surface area contributed by atoms with Gasteiger partial charge in [-0.2, -0.15) is 13.2 Å². The topological polar surface area (TPSA) is 38.5 Å². The van der Waals surface area contributed by atoms with E-state index in [4.69, 9.17) is 10.5 Å². The summed E-state index contributed by atoms with van der Waals surface area (Å²) in [6.45, 7) is 5.77. The molecule has 0 aliphatic rings. The monoisotopic (exact) mass is 282 g/mol. The van der Waals surface area contributed by atoms with Crippen LogP contribution in [0.3, 0.4) is 0 Å². The molecule has 0 heterocycles. The molecule has 0 amide bonds. The number of hydrogen-bond donors (Lipinski definition) is 1. The third kappa shape index (κ3) is 19.4. The molecule has 0 aliphatic heterocycles. The van der Waals surface area contributed by atoms with E-state index in [0.29, 0.717) is 6.61 Å². The largest absolute Gasteiger partial charge is 0.494 e. The van der Waals surface area contributed by atoms with Crippen molar-refractivity contribution in [3.05, 3.63) is 23.6 Å². The zero-order chi connectivity index (χ0) is 15.5. The third-order valence-corrected chi connectivity index (χ3v) is 1.80. The molecule has 0 fully saturated rings. The van der Waals surface area contributed by atoms with Crippen molar-refractivity contribution in [3.63, 3.8) is 0 Å². The van der Waals surface area contributed by atoms with Crippen LogP contribution in [0.5, 0.6) is 0 Å². The van der Waals surface area contributed by atoms with Crippen molar-refractivity contribution in [1.29, 1.82) is 0 Å². The molecule has 6 heteroatoms. The Labute approximate surface area is 113 Å². The first-order chi connectivity index (χ1) is 8.61. The highest BCUT2D eigenvalue weighted by atomic mass is 19.4. The Kier molecular flexibility index (Phi) is 11.4. The SMILES string of the molecule is C/C=C\C(N)=C(/CC)OCCN(C)C.CC(F)(F)F. The summed E-state index contributed by atoms with van der Waals surface area (Å²) in [5.74, 6) is 0.880. The fraction of sp³-hybridized carbons (Fsp3) is 0.692. The van der Waals surface area contributed by atoms with Crippen LogP contribution in [-0.4, -0.2) is 38.3 Å². The summed E-state index contributed by atoms with van der Waals surface area (Å²) < 4.78 is 36.6. The van der Waals surface area contributed by atoms with E-state index in [1.54, 1.807) is 0 Å². The van der Waals surface area contributed by atoms with Crippen molar-refractivity contribution < 1.29 is 17.9 Å². The molecule has 0 aromatic rings. The quantitative estimate of drug-likeness (QED) is 0.600. The fourth-order valence-corrected chi connectivity index (χ4v) is 1.01. The molecule has 0 bridgehead atoms. The highest BCUT2D eigenvalue weighted by Crippen LogP contribution is 2.10. The molecule has 2 N–H and O–H groups in total. The Morgan fingerprint density at radius 2 is 1.79 bits per heavy atom. The lowest BCUT2D eigenvalue weighted by atomic mass is 10.3. The molecule has 0 radical (unpaired) electrons. The Morgan fingerprint density at radius 3 is 2.11 bits per heavy atom. The predicted octanol–water partition coefficient (Wildman–Crippen LogP) is 3.29. The minimum atomic E-state index is -4.00. The van der Waals surface area contributed by atoms with Crippen LogP contribution in [0.1, 0.15) is 27.2 Å². The van der Waals surface area contributed by atoms with Gasteiger partial charge in [0.25, 0.3) is 0 Å². The minimum absolute atomic E-state index is 0.188. The van der Waals surface area contributed by atoms with E-state index in [2.05, 4.69) is 4.90 Å². The van der Waals surface area contributed by atoms with Gasteiger partial charge < -0.3 is 15.4 Å². The first-order valence-corrected chi connectivity index (χ1v) is 6.07. The molecule has 0 spiro atoms. The Morgan fingerprint density at radius 1 is 1.32 bits per heavy atom. The van der Waals surface area contributed by atoms with Gasteiger partial charge in [-0.05, 0) is 27.1 Å². The van der Waals surface area contributed by atoms with Gasteiger partial charge in [-0.25, -0.2) is 0 Å². The average Bonchev–Trinajstić information content (AvgIpc) is 2.21. The maximum Gasteiger partial charge on any atom is 0.386 e. The van der Waals surface area contributed by atoms with E-state index < -0.39 is 6.18 Å². The molecular weight excluding hydrogens is 257 g/mol. The highest BCUT2D eigenvalue weighted by Gasteiger charge is 2.15. The summed E-state index contributed by atoms with van der Waals surface area (Å²) in [7, 11) is 4.04. The molecule has 0 aliphatic carbocycles. The molecular formula is C13H25F3N2O. The van der Waals surface area contributed by atoms with E-state index in [1.807, 2.05) is 40.1 Å². The standard InChI is InChI=1S/C11H22N2O.C2H3F3/c1-5-7-10(12)11(6-2)14-9-8-13(3)4;1-2(3,4)5/h5,7H,6,8-9,12H2,1-4H3;1H3/b7-5-,11-10-;. The second-order valence-corrected chi connectivity index (χ2v) is 4.17. The lowest BCUT2D eigenvalue weighted by molar-refractivity contribution is -0.110. The smallest absolute Gasteiger partial charge is 0.386 e. The van der Waals surface area contributed by atoms with Gasteiger partial charge in [0.2, 0.25) is 0 Å². The van der Waals surface area contributed by atoms with Crippen LogP contribution in [0.4, 0.5) is 13.2 Å². The van der Waals surface area contributed by atoms with Gasteiger partial charge >= 0.3 is 6.18 Å². The van der Waals surface area contributed by atoms with Gasteiger partial charge in [0, 0.05) is 19.9 Å². The van der Waals surface area contributed by atoms with E-state index in [-0.39, 0.29) is 6.92 Å². The van der Waals surface area contributed by atoms with Crippen molar-refractivity contribution in [2.24, 2.45) is 5.73 Å². The van der Waals surface area contributed by atoms with Gasteiger partial charge in [0.1, 0.15) is 12.4 Å². The number of rotatable bonds is 6. The zero-order valence-corrected chi connectivity index (χ0v) is 12.3. The molecule has 0 saturated carbocycles. The molecule has 0 aromatic carbocycles. The van der Waals surface area contributed by atoms with E-state index >= 15 is 0 Å². The Bertz CT molecular complexity index is 278. The van der Waals surface area contributed by atoms with Crippen LogP contribution in [0.2, 0.25) is 0 Å². The normalized spacial score (nSPS) is 13.1. The number of halogens is 3. The zero-order valence-electron chi connectivity index (χ0n) is 12.3. The maximum atomic E-state index is 10.4. The second kappa shape index (κ2) is 10.7. The van der Waals surface area contributed by atoms with Crippen molar-refractivity contribution in [2.45, 2.75) is 33.4 Å². The number of likely N-dealkylation sites (N-methyl/N-ethyl adjacent to an activating group) is 1. The van der Waals surface area contributed by atoms with Crippen molar-refractivity contribution in [3.8, 4) is 0 Å². The molecule has 0 saturated heterocycles. The van der Waals surface area contributed by atoms with E-state index in [9.17, 15) is 13.2 Å². The molecule has 0 atom stereocenters. The molecule has 0 aromatic heterocycles. The average molecular weight is 282 g/mol. The van der Waals surface area contributed by atoms with Gasteiger partial charge in [-0.1, -0.05) is 13.0 Å². The maximum absolute atomic E-state index is 10.4. The summed E-state index contributed by atoms with van der Waals surface area (Å²) >= 11 is 0. The van der Waals surface area contributed by atoms with Gasteiger partial charge in [-0.15, -0.1) is 0 Å². The lowest BCUT2D eigenvalue weighted by Gasteiger charge is -2.13. The summed E-state index contributed by atoms with van der Waals surface area (Å²) in [6.07, 6.45) is 0.623. The summed E-state index contributed by atoms with van der Waals surface area (Å²) in [4.78, 5) is 2.08. The van der Waals surface area contributed by atoms with E-state index in [1.165, 1.54) is 0 Å². The molecule has 0 unspecified atom stereocenters. The van der Waals surface area contributed by atoms with Crippen LogP contribution in [0.15, 0.2) is 23.6 Å². The number of allylic oxidation sites excluding steroid dienone is 3. The lowest BCUT2D eigenvalue weighted by Crippen LogP contribution is -2.18. The van der Waals surface area contributed by atoms with Crippen molar-refractivity contribution in [2.75, 3.05) is 27.2 Å². The fourth-order valence-electron chi connectivity index (χ4n) is 1.01. The predicted molar refractivity (Wildman–Crippen MR) is 72.6 cm³/mol. The van der Waals surface area contributed by atoms with Gasteiger partial charge in [-0.3, -0.25) is 0 Å².